The van der Waals surface area contributed by atoms with Gasteiger partial charge in [0, 0.05) is 12.8 Å². The van der Waals surface area contributed by atoms with Crippen molar-refractivity contribution in [1.29, 1.82) is 0 Å². The molecular formula is C57H109NO5. The minimum absolute atomic E-state index is 0.00104. The van der Waals surface area contributed by atoms with Crippen LogP contribution in [-0.4, -0.2) is 47.4 Å². The third-order valence-electron chi connectivity index (χ3n) is 13.0. The van der Waals surface area contributed by atoms with E-state index < -0.39 is 12.1 Å². The van der Waals surface area contributed by atoms with E-state index in [1.54, 1.807) is 6.08 Å². The van der Waals surface area contributed by atoms with Crippen molar-refractivity contribution in [1.82, 2.24) is 5.32 Å². The first-order chi connectivity index (χ1) is 31.0. The Morgan fingerprint density at radius 2 is 0.746 bits per heavy atom. The van der Waals surface area contributed by atoms with Crippen LogP contribution in [0.15, 0.2) is 24.3 Å². The van der Waals surface area contributed by atoms with E-state index in [1.807, 2.05) is 6.08 Å². The van der Waals surface area contributed by atoms with Gasteiger partial charge >= 0.3 is 5.97 Å². The minimum atomic E-state index is -0.850. The molecule has 0 bridgehead atoms. The number of aliphatic hydroxyl groups excluding tert-OH is 2. The maximum atomic E-state index is 12.4. The number of hydrogen-bond acceptors (Lipinski definition) is 5. The van der Waals surface area contributed by atoms with Crippen LogP contribution >= 0.6 is 0 Å². The number of hydrogen-bond donors (Lipinski definition) is 3. The number of nitrogens with one attached hydrogen (secondary N) is 1. The zero-order valence-corrected chi connectivity index (χ0v) is 42.3. The summed E-state index contributed by atoms with van der Waals surface area (Å²) < 4.78 is 5.48. The molecule has 0 aliphatic carbocycles. The number of allylic oxidation sites excluding steroid dienone is 3. The number of esters is 1. The smallest absolute Gasteiger partial charge is 0.305 e. The molecule has 0 aromatic heterocycles. The van der Waals surface area contributed by atoms with Crippen molar-refractivity contribution in [3.63, 3.8) is 0 Å². The van der Waals surface area contributed by atoms with Gasteiger partial charge in [-0.25, -0.2) is 0 Å². The number of amides is 1. The summed E-state index contributed by atoms with van der Waals surface area (Å²) in [5.74, 6) is -0.0793. The van der Waals surface area contributed by atoms with Crippen LogP contribution in [0.4, 0.5) is 0 Å². The highest BCUT2D eigenvalue weighted by atomic mass is 16.5. The third kappa shape index (κ3) is 49.6. The quantitative estimate of drug-likeness (QED) is 0.0321. The fourth-order valence-electron chi connectivity index (χ4n) is 8.63. The molecule has 0 saturated carbocycles. The molecule has 0 spiro atoms. The second-order valence-electron chi connectivity index (χ2n) is 19.3. The second-order valence-corrected chi connectivity index (χ2v) is 19.3. The van der Waals surface area contributed by atoms with Gasteiger partial charge in [0.25, 0.3) is 0 Å². The lowest BCUT2D eigenvalue weighted by Gasteiger charge is -2.20. The van der Waals surface area contributed by atoms with Gasteiger partial charge in [-0.15, -0.1) is 0 Å². The van der Waals surface area contributed by atoms with Gasteiger partial charge in [0.15, 0.2) is 0 Å². The van der Waals surface area contributed by atoms with Gasteiger partial charge in [-0.1, -0.05) is 256 Å². The SMILES string of the molecule is CCCCCCCCCCCC/C=C/C(O)C(CO)NC(=O)CCCCCCCCC/C=C\CCCCCCCCOC(=O)CCCCCCCCCCCCCCCCCCC. The number of rotatable bonds is 52. The van der Waals surface area contributed by atoms with Gasteiger partial charge in [0.2, 0.25) is 5.91 Å². The molecule has 0 aromatic carbocycles. The predicted octanol–water partition coefficient (Wildman–Crippen LogP) is 17.1. The summed E-state index contributed by atoms with van der Waals surface area (Å²) in [5, 5.41) is 23.0. The van der Waals surface area contributed by atoms with Gasteiger partial charge in [-0.2, -0.15) is 0 Å². The molecule has 6 heteroatoms. The van der Waals surface area contributed by atoms with E-state index in [-0.39, 0.29) is 18.5 Å². The first-order valence-corrected chi connectivity index (χ1v) is 28.1. The molecule has 6 nitrogen and oxygen atoms in total. The van der Waals surface area contributed by atoms with Crippen LogP contribution < -0.4 is 5.32 Å². The van der Waals surface area contributed by atoms with Crippen molar-refractivity contribution in [2.24, 2.45) is 0 Å². The van der Waals surface area contributed by atoms with Crippen LogP contribution in [0.3, 0.4) is 0 Å². The zero-order chi connectivity index (χ0) is 45.8. The lowest BCUT2D eigenvalue weighted by Crippen LogP contribution is -2.45. The van der Waals surface area contributed by atoms with E-state index in [0.29, 0.717) is 19.4 Å². The fraction of sp³-hybridized carbons (Fsp3) is 0.895. The van der Waals surface area contributed by atoms with Crippen LogP contribution in [0, 0.1) is 0 Å². The fourth-order valence-corrected chi connectivity index (χ4v) is 8.63. The Balaban J connectivity index is 3.44. The molecule has 0 aliphatic rings. The summed E-state index contributed by atoms with van der Waals surface area (Å²) in [6, 6.07) is -0.635. The first kappa shape index (κ1) is 61.3. The van der Waals surface area contributed by atoms with Gasteiger partial charge in [-0.05, 0) is 57.8 Å². The number of carbonyl (C=O) groups is 2. The first-order valence-electron chi connectivity index (χ1n) is 28.1. The Kier molecular flexibility index (Phi) is 51.6. The average molecular weight is 889 g/mol. The molecule has 0 saturated heterocycles. The highest BCUT2D eigenvalue weighted by Gasteiger charge is 2.18. The number of aliphatic hydroxyl groups is 2. The molecule has 0 radical (unpaired) electrons. The largest absolute Gasteiger partial charge is 0.466 e. The van der Waals surface area contributed by atoms with Gasteiger partial charge in [0.1, 0.15) is 0 Å². The molecule has 0 rings (SSSR count). The number of unbranched alkanes of at least 4 members (excludes halogenated alkanes) is 39. The zero-order valence-electron chi connectivity index (χ0n) is 42.3. The summed E-state index contributed by atoms with van der Waals surface area (Å²) in [5.41, 5.74) is 0. The van der Waals surface area contributed by atoms with E-state index in [2.05, 4.69) is 31.3 Å². The van der Waals surface area contributed by atoms with Crippen LogP contribution in [-0.2, 0) is 14.3 Å². The average Bonchev–Trinajstić information content (AvgIpc) is 3.28. The molecule has 1 amide bonds. The van der Waals surface area contributed by atoms with Crippen molar-refractivity contribution >= 4 is 11.9 Å². The molecular weight excluding hydrogens is 779 g/mol. The van der Waals surface area contributed by atoms with Crippen molar-refractivity contribution in [2.75, 3.05) is 13.2 Å². The van der Waals surface area contributed by atoms with Crippen molar-refractivity contribution in [2.45, 2.75) is 315 Å². The van der Waals surface area contributed by atoms with Crippen molar-refractivity contribution in [3.05, 3.63) is 24.3 Å². The van der Waals surface area contributed by atoms with E-state index in [0.717, 1.165) is 57.8 Å². The molecule has 0 fully saturated rings. The molecule has 372 valence electrons. The Bertz CT molecular complexity index is 982. The van der Waals surface area contributed by atoms with Crippen LogP contribution in [0.2, 0.25) is 0 Å². The molecule has 0 aliphatic heterocycles. The molecule has 0 heterocycles. The lowest BCUT2D eigenvalue weighted by atomic mass is 10.0. The minimum Gasteiger partial charge on any atom is -0.466 e. The van der Waals surface area contributed by atoms with Crippen molar-refractivity contribution < 1.29 is 24.5 Å². The summed E-state index contributed by atoms with van der Waals surface area (Å²) in [7, 11) is 0. The summed E-state index contributed by atoms with van der Waals surface area (Å²) in [6.45, 7) is 4.88. The van der Waals surface area contributed by atoms with Crippen LogP contribution in [0.1, 0.15) is 303 Å². The topological polar surface area (TPSA) is 95.9 Å². The Morgan fingerprint density at radius 3 is 1.13 bits per heavy atom. The second kappa shape index (κ2) is 53.0. The monoisotopic (exact) mass is 888 g/mol. The van der Waals surface area contributed by atoms with Gasteiger partial charge < -0.3 is 20.3 Å². The third-order valence-corrected chi connectivity index (χ3v) is 13.0. The molecule has 0 aromatic rings. The Labute approximate surface area is 392 Å². The maximum Gasteiger partial charge on any atom is 0.305 e. The highest BCUT2D eigenvalue weighted by molar-refractivity contribution is 5.76. The molecule has 2 atom stereocenters. The highest BCUT2D eigenvalue weighted by Crippen LogP contribution is 2.16. The maximum absolute atomic E-state index is 12.4. The Morgan fingerprint density at radius 1 is 0.429 bits per heavy atom. The van der Waals surface area contributed by atoms with Gasteiger partial charge in [-0.3, -0.25) is 9.59 Å². The van der Waals surface area contributed by atoms with Crippen LogP contribution in [0.25, 0.3) is 0 Å². The molecule has 2 unspecified atom stereocenters. The summed E-state index contributed by atoms with van der Waals surface area (Å²) in [4.78, 5) is 24.5. The lowest BCUT2D eigenvalue weighted by molar-refractivity contribution is -0.143. The number of ether oxygens (including phenoxy) is 1. The van der Waals surface area contributed by atoms with E-state index in [9.17, 15) is 19.8 Å². The number of carbonyl (C=O) groups excluding carboxylic acids is 2. The Hall–Kier alpha value is -1.66. The molecule has 63 heavy (non-hydrogen) atoms. The van der Waals surface area contributed by atoms with Crippen molar-refractivity contribution in [3.8, 4) is 0 Å². The van der Waals surface area contributed by atoms with E-state index >= 15 is 0 Å². The summed E-state index contributed by atoms with van der Waals surface area (Å²) in [6.07, 6.45) is 63.4. The predicted molar refractivity (Wildman–Crippen MR) is 273 cm³/mol. The normalized spacial score (nSPS) is 12.8. The molecule has 3 N–H and O–H groups in total. The van der Waals surface area contributed by atoms with Crippen LogP contribution in [0.5, 0.6) is 0 Å². The standard InChI is InChI=1S/C57H109NO5/c1-3-5-7-9-11-13-15-17-18-20-24-27-31-35-39-43-47-51-57(62)63-52-48-44-40-36-32-28-25-22-19-21-23-26-30-34-38-42-46-50-56(61)58-54(53-59)55(60)49-45-41-37-33-29-16-14-12-10-8-6-4-2/h19,22,45,49,54-55,59-60H,3-18,20-21,23-44,46-48,50-53H2,1-2H3,(H,58,61)/b22-19-,49-45+. The van der Waals surface area contributed by atoms with Gasteiger partial charge in [0.05, 0.1) is 25.4 Å². The van der Waals surface area contributed by atoms with E-state index in [4.69, 9.17) is 4.74 Å². The summed E-state index contributed by atoms with van der Waals surface area (Å²) >= 11 is 0. The van der Waals surface area contributed by atoms with E-state index in [1.165, 1.54) is 218 Å².